The van der Waals surface area contributed by atoms with Crippen LogP contribution in [0.4, 0.5) is 5.82 Å². The Morgan fingerprint density at radius 1 is 1.19 bits per heavy atom. The molecule has 4 heteroatoms. The van der Waals surface area contributed by atoms with Gasteiger partial charge in [-0.25, -0.2) is 9.97 Å². The Kier molecular flexibility index (Phi) is 4.23. The highest BCUT2D eigenvalue weighted by Gasteiger charge is 2.26. The van der Waals surface area contributed by atoms with Gasteiger partial charge in [0, 0.05) is 0 Å². The second-order valence-corrected chi connectivity index (χ2v) is 6.26. The Morgan fingerprint density at radius 3 is 2.48 bits per heavy atom. The normalized spacial score (nSPS) is 12.5. The Hall–Kier alpha value is -2.41. The third-order valence-electron chi connectivity index (χ3n) is 3.30. The molecule has 1 aromatic carbocycles. The lowest BCUT2D eigenvalue weighted by Crippen LogP contribution is -2.26. The molecule has 0 spiro atoms. The summed E-state index contributed by atoms with van der Waals surface area (Å²) in [4.78, 5) is 8.31. The fourth-order valence-electron chi connectivity index (χ4n) is 2.26. The zero-order valence-electron chi connectivity index (χ0n) is 12.9. The van der Waals surface area contributed by atoms with E-state index in [1.54, 1.807) is 6.20 Å². The molecule has 1 atom stereocenters. The van der Waals surface area contributed by atoms with Crippen molar-refractivity contribution in [2.75, 3.05) is 5.32 Å². The quantitative estimate of drug-likeness (QED) is 0.927. The van der Waals surface area contributed by atoms with Crippen LogP contribution in [0, 0.1) is 23.7 Å². The van der Waals surface area contributed by atoms with Gasteiger partial charge in [-0.2, -0.15) is 5.26 Å². The fraction of sp³-hybridized carbons (Fsp3) is 0.353. The minimum Gasteiger partial charge on any atom is -0.361 e. The van der Waals surface area contributed by atoms with Crippen LogP contribution < -0.4 is 5.32 Å². The monoisotopic (exact) mass is 280 g/mol. The first-order valence-corrected chi connectivity index (χ1v) is 6.95. The van der Waals surface area contributed by atoms with Gasteiger partial charge in [0.1, 0.15) is 11.9 Å². The summed E-state index contributed by atoms with van der Waals surface area (Å²) in [6, 6.07) is 10.5. The third-order valence-corrected chi connectivity index (χ3v) is 3.30. The zero-order valence-corrected chi connectivity index (χ0v) is 12.9. The van der Waals surface area contributed by atoms with Crippen LogP contribution in [0.5, 0.6) is 0 Å². The number of anilines is 1. The van der Waals surface area contributed by atoms with E-state index >= 15 is 0 Å². The van der Waals surface area contributed by atoms with Crippen LogP contribution >= 0.6 is 0 Å². The molecule has 0 radical (unpaired) electrons. The lowest BCUT2D eigenvalue weighted by molar-refractivity contribution is 0.346. The molecule has 1 unspecified atom stereocenters. The van der Waals surface area contributed by atoms with Crippen LogP contribution in [-0.4, -0.2) is 9.97 Å². The maximum Gasteiger partial charge on any atom is 0.158 e. The highest BCUT2D eigenvalue weighted by atomic mass is 15.0. The van der Waals surface area contributed by atoms with Crippen LogP contribution in [0.3, 0.4) is 0 Å². The van der Waals surface area contributed by atoms with Gasteiger partial charge in [-0.1, -0.05) is 50.6 Å². The van der Waals surface area contributed by atoms with Crippen molar-refractivity contribution in [2.24, 2.45) is 5.41 Å². The van der Waals surface area contributed by atoms with E-state index in [0.717, 1.165) is 0 Å². The number of aryl methyl sites for hydroxylation is 1. The van der Waals surface area contributed by atoms with E-state index in [1.807, 2.05) is 6.07 Å². The van der Waals surface area contributed by atoms with Gasteiger partial charge in [-0.05, 0) is 17.9 Å². The molecule has 2 rings (SSSR count). The van der Waals surface area contributed by atoms with Crippen molar-refractivity contribution in [3.8, 4) is 6.07 Å². The van der Waals surface area contributed by atoms with E-state index in [-0.39, 0.29) is 11.5 Å². The van der Waals surface area contributed by atoms with Crippen molar-refractivity contribution in [3.63, 3.8) is 0 Å². The summed E-state index contributed by atoms with van der Waals surface area (Å²) in [6.07, 6.45) is 3.09. The van der Waals surface area contributed by atoms with Crippen molar-refractivity contribution in [2.45, 2.75) is 33.7 Å². The first-order valence-electron chi connectivity index (χ1n) is 6.95. The van der Waals surface area contributed by atoms with E-state index in [4.69, 9.17) is 5.26 Å². The van der Waals surface area contributed by atoms with Crippen molar-refractivity contribution in [1.29, 1.82) is 5.26 Å². The zero-order chi connectivity index (χ0) is 15.5. The second-order valence-electron chi connectivity index (χ2n) is 6.26. The molecule has 108 valence electrons. The predicted molar refractivity (Wildman–Crippen MR) is 83.7 cm³/mol. The van der Waals surface area contributed by atoms with Gasteiger partial charge in [0.15, 0.2) is 5.69 Å². The van der Waals surface area contributed by atoms with Crippen molar-refractivity contribution in [1.82, 2.24) is 9.97 Å². The summed E-state index contributed by atoms with van der Waals surface area (Å²) < 4.78 is 0. The first-order chi connectivity index (χ1) is 9.90. The average molecular weight is 280 g/mol. The van der Waals surface area contributed by atoms with Gasteiger partial charge < -0.3 is 5.32 Å². The molecule has 0 bridgehead atoms. The van der Waals surface area contributed by atoms with Crippen LogP contribution in [0.1, 0.15) is 43.6 Å². The van der Waals surface area contributed by atoms with Crippen molar-refractivity contribution in [3.05, 3.63) is 53.5 Å². The molecule has 4 nitrogen and oxygen atoms in total. The number of nitrogens with one attached hydrogen (secondary N) is 1. The fourth-order valence-corrected chi connectivity index (χ4v) is 2.26. The predicted octanol–water partition coefficient (Wildman–Crippen LogP) is 3.86. The Bertz CT molecular complexity index is 648. The van der Waals surface area contributed by atoms with Crippen molar-refractivity contribution < 1.29 is 0 Å². The summed E-state index contributed by atoms with van der Waals surface area (Å²) >= 11 is 0. The van der Waals surface area contributed by atoms with E-state index in [0.29, 0.717) is 11.5 Å². The number of benzene rings is 1. The summed E-state index contributed by atoms with van der Waals surface area (Å²) in [5.74, 6) is 0.676. The molecule has 21 heavy (non-hydrogen) atoms. The molecule has 0 saturated carbocycles. The molecule has 1 heterocycles. The number of hydrogen-bond donors (Lipinski definition) is 1. The highest BCUT2D eigenvalue weighted by molar-refractivity contribution is 5.39. The molecule has 0 aliphatic heterocycles. The number of hydrogen-bond acceptors (Lipinski definition) is 4. The largest absolute Gasteiger partial charge is 0.361 e. The number of rotatable bonds is 3. The Morgan fingerprint density at radius 2 is 1.95 bits per heavy atom. The molecule has 0 amide bonds. The summed E-state index contributed by atoms with van der Waals surface area (Å²) in [5.41, 5.74) is 2.79. The van der Waals surface area contributed by atoms with Gasteiger partial charge >= 0.3 is 0 Å². The smallest absolute Gasteiger partial charge is 0.158 e. The highest BCUT2D eigenvalue weighted by Crippen LogP contribution is 2.35. The number of nitriles is 1. The van der Waals surface area contributed by atoms with Crippen LogP contribution in [0.2, 0.25) is 0 Å². The lowest BCUT2D eigenvalue weighted by atomic mass is 9.82. The molecular weight excluding hydrogens is 260 g/mol. The Labute approximate surface area is 125 Å². The SMILES string of the molecule is Cc1cccc(C(Nc2cnc(C#N)cn2)C(C)(C)C)c1. The van der Waals surface area contributed by atoms with Gasteiger partial charge in [0.2, 0.25) is 0 Å². The molecule has 1 aromatic heterocycles. The first kappa shape index (κ1) is 15.0. The minimum absolute atomic E-state index is 0.0172. The number of aromatic nitrogens is 2. The minimum atomic E-state index is 0.0172. The lowest BCUT2D eigenvalue weighted by Gasteiger charge is -2.32. The molecule has 0 aliphatic rings. The number of nitrogens with zero attached hydrogens (tertiary/aromatic N) is 3. The molecule has 0 saturated heterocycles. The van der Waals surface area contributed by atoms with Crippen LogP contribution in [-0.2, 0) is 0 Å². The standard InChI is InChI=1S/C17H20N4/c1-12-6-5-7-13(8-12)16(17(2,3)4)21-15-11-19-14(9-18)10-20-15/h5-8,10-11,16H,1-4H3,(H,20,21). The molecule has 0 fully saturated rings. The van der Waals surface area contributed by atoms with E-state index in [1.165, 1.54) is 17.3 Å². The maximum absolute atomic E-state index is 8.78. The van der Waals surface area contributed by atoms with E-state index < -0.39 is 0 Å². The van der Waals surface area contributed by atoms with Crippen LogP contribution in [0.15, 0.2) is 36.7 Å². The third kappa shape index (κ3) is 3.79. The van der Waals surface area contributed by atoms with Gasteiger partial charge in [0.25, 0.3) is 0 Å². The average Bonchev–Trinajstić information content (AvgIpc) is 2.44. The summed E-state index contributed by atoms with van der Waals surface area (Å²) in [5, 5.41) is 12.2. The van der Waals surface area contributed by atoms with Gasteiger partial charge in [-0.3, -0.25) is 0 Å². The second kappa shape index (κ2) is 5.92. The maximum atomic E-state index is 8.78. The summed E-state index contributed by atoms with van der Waals surface area (Å²) in [6.45, 7) is 8.64. The van der Waals surface area contributed by atoms with Crippen molar-refractivity contribution >= 4 is 5.82 Å². The van der Waals surface area contributed by atoms with E-state index in [2.05, 4.69) is 67.2 Å². The topological polar surface area (TPSA) is 61.6 Å². The molecule has 2 aromatic rings. The summed E-state index contributed by atoms with van der Waals surface area (Å²) in [7, 11) is 0. The van der Waals surface area contributed by atoms with Crippen LogP contribution in [0.25, 0.3) is 0 Å². The van der Waals surface area contributed by atoms with Gasteiger partial charge in [-0.15, -0.1) is 0 Å². The molecule has 0 aliphatic carbocycles. The Balaban J connectivity index is 2.31. The molecular formula is C17H20N4. The molecule has 1 N–H and O–H groups in total. The van der Waals surface area contributed by atoms with E-state index in [9.17, 15) is 0 Å². The van der Waals surface area contributed by atoms with Gasteiger partial charge in [0.05, 0.1) is 18.4 Å².